The van der Waals surface area contributed by atoms with Crippen LogP contribution in [0.15, 0.2) is 30.5 Å². The van der Waals surface area contributed by atoms with E-state index in [1.165, 1.54) is 10.9 Å². The quantitative estimate of drug-likeness (QED) is 0.860. The van der Waals surface area contributed by atoms with Crippen molar-refractivity contribution in [3.63, 3.8) is 0 Å². The second-order valence-electron chi connectivity index (χ2n) is 4.69. The zero-order valence-corrected chi connectivity index (χ0v) is 12.5. The number of thiazole rings is 1. The molecule has 0 aliphatic rings. The van der Waals surface area contributed by atoms with Gasteiger partial charge in [-0.3, -0.25) is 0 Å². The molecule has 1 heterocycles. The topological polar surface area (TPSA) is 45.2 Å². The Morgan fingerprint density at radius 3 is 2.80 bits per heavy atom. The summed E-state index contributed by atoms with van der Waals surface area (Å²) in [7, 11) is 0. The molecule has 2 N–H and O–H groups in total. The monoisotopic (exact) mass is 294 g/mol. The van der Waals surface area contributed by atoms with Crippen molar-refractivity contribution in [2.24, 2.45) is 0 Å². The minimum atomic E-state index is -0.857. The van der Waals surface area contributed by atoms with E-state index in [9.17, 15) is 9.50 Å². The lowest BCUT2D eigenvalue weighted by Gasteiger charge is -2.16. The largest absolute Gasteiger partial charge is 0.387 e. The molecule has 2 atom stereocenters. The van der Waals surface area contributed by atoms with Crippen LogP contribution in [0.5, 0.6) is 0 Å². The molecule has 0 saturated heterocycles. The molecule has 2 unspecified atom stereocenters. The first-order valence-electron chi connectivity index (χ1n) is 6.72. The van der Waals surface area contributed by atoms with Crippen molar-refractivity contribution < 1.29 is 9.50 Å². The molecule has 2 rings (SSSR count). The average Bonchev–Trinajstić information content (AvgIpc) is 2.94. The first-order valence-corrected chi connectivity index (χ1v) is 7.54. The smallest absolute Gasteiger partial charge is 0.129 e. The molecule has 3 nitrogen and oxygen atoms in total. The minimum Gasteiger partial charge on any atom is -0.387 e. The lowest BCUT2D eigenvalue weighted by molar-refractivity contribution is 0.166. The minimum absolute atomic E-state index is 0.0433. The van der Waals surface area contributed by atoms with E-state index in [-0.39, 0.29) is 11.9 Å². The van der Waals surface area contributed by atoms with Gasteiger partial charge in [-0.05, 0) is 19.4 Å². The van der Waals surface area contributed by atoms with Crippen LogP contribution in [0.3, 0.4) is 0 Å². The van der Waals surface area contributed by atoms with Crippen LogP contribution in [0.1, 0.15) is 41.4 Å². The average molecular weight is 294 g/mol. The summed E-state index contributed by atoms with van der Waals surface area (Å²) in [6.45, 7) is 4.38. The lowest BCUT2D eigenvalue weighted by atomic mass is 10.1. The summed E-state index contributed by atoms with van der Waals surface area (Å²) in [5.74, 6) is -0.378. The van der Waals surface area contributed by atoms with Gasteiger partial charge in [0.15, 0.2) is 0 Å². The normalized spacial score (nSPS) is 14.2. The van der Waals surface area contributed by atoms with Crippen molar-refractivity contribution in [3.8, 4) is 0 Å². The third-order valence-electron chi connectivity index (χ3n) is 3.17. The summed E-state index contributed by atoms with van der Waals surface area (Å²) in [5.41, 5.74) is 0.320. The van der Waals surface area contributed by atoms with Gasteiger partial charge in [-0.15, -0.1) is 11.3 Å². The van der Waals surface area contributed by atoms with E-state index in [4.69, 9.17) is 0 Å². The molecule has 1 aromatic carbocycles. The molecule has 20 heavy (non-hydrogen) atoms. The Morgan fingerprint density at radius 2 is 2.15 bits per heavy atom. The summed E-state index contributed by atoms with van der Waals surface area (Å²) >= 11 is 1.66. The van der Waals surface area contributed by atoms with E-state index in [0.717, 1.165) is 11.4 Å². The van der Waals surface area contributed by atoms with Gasteiger partial charge in [-0.2, -0.15) is 0 Å². The van der Waals surface area contributed by atoms with E-state index in [2.05, 4.69) is 17.2 Å². The fraction of sp³-hybridized carbons (Fsp3) is 0.400. The van der Waals surface area contributed by atoms with E-state index >= 15 is 0 Å². The van der Waals surface area contributed by atoms with Crippen LogP contribution in [0, 0.1) is 5.82 Å². The second kappa shape index (κ2) is 6.92. The Hall–Kier alpha value is -1.30. The zero-order valence-electron chi connectivity index (χ0n) is 11.6. The molecule has 0 aliphatic heterocycles. The van der Waals surface area contributed by atoms with Crippen molar-refractivity contribution in [2.75, 3.05) is 6.54 Å². The number of aliphatic hydroxyl groups excluding tert-OH is 1. The number of hydrogen-bond donors (Lipinski definition) is 2. The predicted molar refractivity (Wildman–Crippen MR) is 79.3 cm³/mol. The summed E-state index contributed by atoms with van der Waals surface area (Å²) in [6.07, 6.45) is 2.00. The highest BCUT2D eigenvalue weighted by molar-refractivity contribution is 7.11. The van der Waals surface area contributed by atoms with Gasteiger partial charge in [0.25, 0.3) is 0 Å². The Balaban J connectivity index is 1.93. The standard InChI is InChI=1S/C15H19FN2OS/c1-3-11-8-18-15(20-11)10(2)17-9-14(19)12-6-4-5-7-13(12)16/h4-8,10,14,17,19H,3,9H2,1-2H3. The Morgan fingerprint density at radius 1 is 1.40 bits per heavy atom. The number of rotatable bonds is 6. The molecule has 108 valence electrons. The summed E-state index contributed by atoms with van der Waals surface area (Å²) in [5, 5.41) is 14.2. The highest BCUT2D eigenvalue weighted by atomic mass is 32.1. The summed E-state index contributed by atoms with van der Waals surface area (Å²) in [6, 6.07) is 6.34. The highest BCUT2D eigenvalue weighted by Gasteiger charge is 2.15. The molecule has 0 radical (unpaired) electrons. The van der Waals surface area contributed by atoms with E-state index in [1.54, 1.807) is 29.5 Å². The van der Waals surface area contributed by atoms with Gasteiger partial charge >= 0.3 is 0 Å². The molecule has 0 bridgehead atoms. The van der Waals surface area contributed by atoms with Gasteiger partial charge in [0.2, 0.25) is 0 Å². The van der Waals surface area contributed by atoms with Crippen molar-refractivity contribution in [2.45, 2.75) is 32.4 Å². The van der Waals surface area contributed by atoms with Gasteiger partial charge in [0, 0.05) is 23.2 Å². The van der Waals surface area contributed by atoms with Crippen LogP contribution in [0.4, 0.5) is 4.39 Å². The van der Waals surface area contributed by atoms with E-state index in [0.29, 0.717) is 12.1 Å². The Kier molecular flexibility index (Phi) is 5.23. The number of halogens is 1. The second-order valence-corrected chi connectivity index (χ2v) is 5.83. The van der Waals surface area contributed by atoms with Crippen molar-refractivity contribution in [1.29, 1.82) is 0 Å². The van der Waals surface area contributed by atoms with Gasteiger partial charge in [-0.1, -0.05) is 25.1 Å². The lowest BCUT2D eigenvalue weighted by Crippen LogP contribution is -2.25. The van der Waals surface area contributed by atoms with E-state index < -0.39 is 6.10 Å². The SMILES string of the molecule is CCc1cnc(C(C)NCC(O)c2ccccc2F)s1. The number of aliphatic hydroxyl groups is 1. The van der Waals surface area contributed by atoms with Gasteiger partial charge in [0.1, 0.15) is 10.8 Å². The third-order valence-corrected chi connectivity index (χ3v) is 4.50. The number of benzene rings is 1. The van der Waals surface area contributed by atoms with Gasteiger partial charge in [-0.25, -0.2) is 9.37 Å². The molecule has 2 aromatic rings. The summed E-state index contributed by atoms with van der Waals surface area (Å²) in [4.78, 5) is 5.59. The van der Waals surface area contributed by atoms with Crippen LogP contribution >= 0.6 is 11.3 Å². The molecule has 0 spiro atoms. The molecule has 1 aromatic heterocycles. The number of hydrogen-bond acceptors (Lipinski definition) is 4. The maximum Gasteiger partial charge on any atom is 0.129 e. The van der Waals surface area contributed by atoms with Crippen LogP contribution in [0.2, 0.25) is 0 Å². The molecule has 0 aliphatic carbocycles. The fourth-order valence-electron chi connectivity index (χ4n) is 1.92. The maximum atomic E-state index is 13.5. The molecule has 0 saturated carbocycles. The van der Waals surface area contributed by atoms with E-state index in [1.807, 2.05) is 13.1 Å². The molecular weight excluding hydrogens is 275 g/mol. The Bertz CT molecular complexity index is 558. The van der Waals surface area contributed by atoms with Gasteiger partial charge in [0.05, 0.1) is 12.1 Å². The van der Waals surface area contributed by atoms with Gasteiger partial charge < -0.3 is 10.4 Å². The number of aryl methyl sites for hydroxylation is 1. The maximum absolute atomic E-state index is 13.5. The first kappa shape index (κ1) is 15.1. The number of nitrogens with one attached hydrogen (secondary N) is 1. The fourth-order valence-corrected chi connectivity index (χ4v) is 2.80. The van der Waals surface area contributed by atoms with Crippen LogP contribution in [0.25, 0.3) is 0 Å². The Labute approximate surface area is 122 Å². The number of nitrogens with zero attached hydrogens (tertiary/aromatic N) is 1. The van der Waals surface area contributed by atoms with Crippen molar-refractivity contribution in [1.82, 2.24) is 10.3 Å². The molecule has 0 fully saturated rings. The molecule has 0 amide bonds. The van der Waals surface area contributed by atoms with Crippen LogP contribution < -0.4 is 5.32 Å². The highest BCUT2D eigenvalue weighted by Crippen LogP contribution is 2.21. The van der Waals surface area contributed by atoms with Crippen LogP contribution in [-0.2, 0) is 6.42 Å². The predicted octanol–water partition coefficient (Wildman–Crippen LogP) is 3.23. The van der Waals surface area contributed by atoms with Crippen molar-refractivity contribution in [3.05, 3.63) is 51.7 Å². The first-order chi connectivity index (χ1) is 9.61. The molecular formula is C15H19FN2OS. The van der Waals surface area contributed by atoms with Crippen molar-refractivity contribution >= 4 is 11.3 Å². The van der Waals surface area contributed by atoms with Crippen LogP contribution in [-0.4, -0.2) is 16.6 Å². The molecule has 5 heteroatoms. The zero-order chi connectivity index (χ0) is 14.5. The summed E-state index contributed by atoms with van der Waals surface area (Å²) < 4.78 is 13.5. The number of aromatic nitrogens is 1. The third kappa shape index (κ3) is 3.62.